The van der Waals surface area contributed by atoms with E-state index >= 15 is 0 Å². The van der Waals surface area contributed by atoms with Gasteiger partial charge in [0.1, 0.15) is 11.9 Å². The molecule has 0 aromatic heterocycles. The number of allylic oxidation sites excluding steroid dienone is 1. The molecule has 2 amide bonds. The van der Waals surface area contributed by atoms with Gasteiger partial charge in [0, 0.05) is 22.7 Å². The summed E-state index contributed by atoms with van der Waals surface area (Å²) in [6, 6.07) is 19.8. The number of amides is 2. The third-order valence-corrected chi connectivity index (χ3v) is 5.18. The number of fused-ring (bicyclic) bond motifs is 1. The highest BCUT2D eigenvalue weighted by Gasteiger charge is 2.26. The fraction of sp³-hybridized carbons (Fsp3) is 0.200. The van der Waals surface area contributed by atoms with Crippen LogP contribution in [0.2, 0.25) is 0 Å². The normalized spacial score (nSPS) is 12.9. The summed E-state index contributed by atoms with van der Waals surface area (Å²) in [6.07, 6.45) is 2.89. The lowest BCUT2D eigenvalue weighted by atomic mass is 9.89. The minimum Gasteiger partial charge on any atom is -0.507 e. The Bertz CT molecular complexity index is 1100. The molecular weight excluding hydrogens is 408 g/mol. The second kappa shape index (κ2) is 11.0. The summed E-state index contributed by atoms with van der Waals surface area (Å²) in [5.74, 6) is -0.550. The maximum atomic E-state index is 12.7. The van der Waals surface area contributed by atoms with Crippen LogP contribution in [-0.4, -0.2) is 22.3 Å². The van der Waals surface area contributed by atoms with Crippen LogP contribution < -0.4 is 10.8 Å². The molecule has 166 valence electrons. The van der Waals surface area contributed by atoms with E-state index in [1.54, 1.807) is 35.8 Å². The lowest BCUT2D eigenvalue weighted by Crippen LogP contribution is -2.22. The van der Waals surface area contributed by atoms with E-state index in [1.165, 1.54) is 6.08 Å². The van der Waals surface area contributed by atoms with Crippen molar-refractivity contribution < 1.29 is 24.6 Å². The minimum atomic E-state index is -0.600. The molecule has 3 aromatic rings. The molecule has 0 heterocycles. The molecule has 0 unspecified atom stereocenters. The lowest BCUT2D eigenvalue weighted by molar-refractivity contribution is -0.124. The van der Waals surface area contributed by atoms with Gasteiger partial charge in [-0.1, -0.05) is 61.5 Å². The second-order valence-corrected chi connectivity index (χ2v) is 7.47. The van der Waals surface area contributed by atoms with Crippen molar-refractivity contribution in [2.75, 3.05) is 5.32 Å². The van der Waals surface area contributed by atoms with Gasteiger partial charge in [0.2, 0.25) is 0 Å². The Morgan fingerprint density at radius 2 is 1.69 bits per heavy atom. The first-order valence-electron chi connectivity index (χ1n) is 10.3. The quantitative estimate of drug-likeness (QED) is 0.218. The van der Waals surface area contributed by atoms with Crippen LogP contribution in [0.1, 0.15) is 31.4 Å². The number of anilines is 1. The summed E-state index contributed by atoms with van der Waals surface area (Å²) in [7, 11) is 0. The number of para-hydroxylation sites is 1. The molecule has 4 N–H and O–H groups in total. The largest absolute Gasteiger partial charge is 0.507 e. The maximum absolute atomic E-state index is 12.7. The predicted molar refractivity (Wildman–Crippen MR) is 122 cm³/mol. The zero-order valence-electron chi connectivity index (χ0n) is 17.7. The second-order valence-electron chi connectivity index (χ2n) is 7.47. The number of benzene rings is 3. The van der Waals surface area contributed by atoms with Crippen molar-refractivity contribution in [2.24, 2.45) is 5.92 Å². The SMILES string of the molecule is C[C@H](CC/C=C/C(=O)NO)[C@@H](OC(=O)Nc1ccccc1)c1ccc(O)c2ccccc12. The molecule has 0 bridgehead atoms. The topological polar surface area (TPSA) is 108 Å². The summed E-state index contributed by atoms with van der Waals surface area (Å²) < 4.78 is 5.87. The van der Waals surface area contributed by atoms with Gasteiger partial charge in [-0.25, -0.2) is 10.3 Å². The van der Waals surface area contributed by atoms with E-state index in [2.05, 4.69) is 5.32 Å². The Morgan fingerprint density at radius 1 is 1.00 bits per heavy atom. The Hall–Kier alpha value is -3.84. The minimum absolute atomic E-state index is 0.105. The highest BCUT2D eigenvalue weighted by molar-refractivity contribution is 5.91. The molecule has 0 fully saturated rings. The van der Waals surface area contributed by atoms with E-state index in [4.69, 9.17) is 9.94 Å². The van der Waals surface area contributed by atoms with Crippen molar-refractivity contribution in [3.05, 3.63) is 84.4 Å². The summed E-state index contributed by atoms with van der Waals surface area (Å²) in [5, 5.41) is 23.1. The molecule has 0 saturated carbocycles. The van der Waals surface area contributed by atoms with Crippen LogP contribution >= 0.6 is 0 Å². The van der Waals surface area contributed by atoms with Gasteiger partial charge in [-0.3, -0.25) is 15.3 Å². The van der Waals surface area contributed by atoms with Gasteiger partial charge in [0.15, 0.2) is 0 Å². The average molecular weight is 434 g/mol. The van der Waals surface area contributed by atoms with Crippen molar-refractivity contribution in [2.45, 2.75) is 25.9 Å². The van der Waals surface area contributed by atoms with Gasteiger partial charge in [-0.15, -0.1) is 0 Å². The van der Waals surface area contributed by atoms with Crippen LogP contribution in [0.25, 0.3) is 10.8 Å². The Labute approximate surface area is 186 Å². The van der Waals surface area contributed by atoms with E-state index in [0.29, 0.717) is 23.9 Å². The third kappa shape index (κ3) is 5.86. The molecule has 2 atom stereocenters. The van der Waals surface area contributed by atoms with E-state index in [9.17, 15) is 14.7 Å². The Kier molecular flexibility index (Phi) is 7.83. The molecule has 7 heteroatoms. The molecule has 0 radical (unpaired) electrons. The molecule has 0 saturated heterocycles. The van der Waals surface area contributed by atoms with Crippen molar-refractivity contribution in [1.29, 1.82) is 0 Å². The Balaban J connectivity index is 1.86. The van der Waals surface area contributed by atoms with Gasteiger partial charge in [0.25, 0.3) is 5.91 Å². The molecule has 0 aliphatic heterocycles. The number of nitrogens with one attached hydrogen (secondary N) is 2. The highest BCUT2D eigenvalue weighted by Crippen LogP contribution is 2.37. The van der Waals surface area contributed by atoms with Gasteiger partial charge in [-0.2, -0.15) is 0 Å². The van der Waals surface area contributed by atoms with Crippen LogP contribution in [0.4, 0.5) is 10.5 Å². The van der Waals surface area contributed by atoms with Gasteiger partial charge >= 0.3 is 6.09 Å². The fourth-order valence-corrected chi connectivity index (χ4v) is 3.56. The summed E-state index contributed by atoms with van der Waals surface area (Å²) in [6.45, 7) is 1.96. The van der Waals surface area contributed by atoms with Crippen molar-refractivity contribution in [3.8, 4) is 5.75 Å². The van der Waals surface area contributed by atoms with Crippen molar-refractivity contribution in [3.63, 3.8) is 0 Å². The molecule has 0 spiro atoms. The van der Waals surface area contributed by atoms with Crippen LogP contribution in [0.15, 0.2) is 78.9 Å². The molecule has 3 rings (SSSR count). The maximum Gasteiger partial charge on any atom is 0.412 e. The first-order chi connectivity index (χ1) is 15.5. The molecule has 0 aliphatic carbocycles. The number of phenolic OH excluding ortho intramolecular Hbond substituents is 1. The van der Waals surface area contributed by atoms with Crippen LogP contribution in [0, 0.1) is 5.92 Å². The Morgan fingerprint density at radius 3 is 2.41 bits per heavy atom. The van der Waals surface area contributed by atoms with E-state index in [-0.39, 0.29) is 11.7 Å². The van der Waals surface area contributed by atoms with Gasteiger partial charge in [-0.05, 0) is 42.3 Å². The highest BCUT2D eigenvalue weighted by atomic mass is 16.6. The average Bonchev–Trinajstić information content (AvgIpc) is 2.81. The van der Waals surface area contributed by atoms with Crippen LogP contribution in [-0.2, 0) is 9.53 Å². The number of ether oxygens (including phenoxy) is 1. The first-order valence-corrected chi connectivity index (χ1v) is 10.3. The molecule has 0 aliphatic rings. The van der Waals surface area contributed by atoms with Crippen molar-refractivity contribution >= 4 is 28.5 Å². The summed E-state index contributed by atoms with van der Waals surface area (Å²) in [4.78, 5) is 23.8. The zero-order chi connectivity index (χ0) is 22.9. The number of carbonyl (C=O) groups is 2. The molecule has 32 heavy (non-hydrogen) atoms. The zero-order valence-corrected chi connectivity index (χ0v) is 17.7. The third-order valence-electron chi connectivity index (χ3n) is 5.18. The van der Waals surface area contributed by atoms with Gasteiger partial charge < -0.3 is 9.84 Å². The van der Waals surface area contributed by atoms with Gasteiger partial charge in [0.05, 0.1) is 0 Å². The first kappa shape index (κ1) is 22.8. The number of hydroxylamine groups is 1. The molecular formula is C25H26N2O5. The number of aromatic hydroxyl groups is 1. The predicted octanol–water partition coefficient (Wildman–Crippen LogP) is 5.31. The summed E-state index contributed by atoms with van der Waals surface area (Å²) >= 11 is 0. The number of carbonyl (C=O) groups excluding carboxylic acids is 2. The van der Waals surface area contributed by atoms with E-state index < -0.39 is 18.1 Å². The lowest BCUT2D eigenvalue weighted by Gasteiger charge is -2.26. The van der Waals surface area contributed by atoms with E-state index in [0.717, 1.165) is 10.9 Å². The monoisotopic (exact) mass is 434 g/mol. The van der Waals surface area contributed by atoms with E-state index in [1.807, 2.05) is 49.4 Å². The number of phenols is 1. The molecule has 7 nitrogen and oxygen atoms in total. The fourth-order valence-electron chi connectivity index (χ4n) is 3.56. The smallest absolute Gasteiger partial charge is 0.412 e. The van der Waals surface area contributed by atoms with Crippen molar-refractivity contribution in [1.82, 2.24) is 5.48 Å². The number of rotatable bonds is 8. The standard InChI is InChI=1S/C25H26N2O5/c1-17(9-5-8-14-23(29)27-31)24(32-25(30)26-18-10-3-2-4-11-18)21-15-16-22(28)20-13-7-6-12-19(20)21/h2-4,6-8,10-17,24,28,31H,5,9H2,1H3,(H,26,30)(H,27,29)/b14-8+/t17-,24-/m1/s1. The number of hydrogen-bond donors (Lipinski definition) is 4. The number of hydrogen-bond acceptors (Lipinski definition) is 5. The molecule has 3 aromatic carbocycles. The van der Waals surface area contributed by atoms with Crippen LogP contribution in [0.5, 0.6) is 5.75 Å². The summed E-state index contributed by atoms with van der Waals surface area (Å²) in [5.41, 5.74) is 2.96. The van der Waals surface area contributed by atoms with Crippen LogP contribution in [0.3, 0.4) is 0 Å².